The molecule has 1 rings (SSSR count). The topological polar surface area (TPSA) is 62.2 Å². The Kier molecular flexibility index (Phi) is 3.60. The van der Waals surface area contributed by atoms with Gasteiger partial charge in [-0.3, -0.25) is 10.1 Å². The Morgan fingerprint density at radius 3 is 2.64 bits per heavy atom. The molecule has 5 heteroatoms. The lowest BCUT2D eigenvalue weighted by molar-refractivity contribution is -0.123. The van der Waals surface area contributed by atoms with Crippen molar-refractivity contribution in [3.63, 3.8) is 0 Å². The van der Waals surface area contributed by atoms with E-state index in [0.29, 0.717) is 11.0 Å². The van der Waals surface area contributed by atoms with Gasteiger partial charge < -0.3 is 5.11 Å². The van der Waals surface area contributed by atoms with Gasteiger partial charge >= 0.3 is 0 Å². The van der Waals surface area contributed by atoms with Crippen LogP contribution in [0.5, 0.6) is 0 Å². The Bertz CT molecular complexity index is 320. The highest BCUT2D eigenvalue weighted by Crippen LogP contribution is 2.24. The van der Waals surface area contributed by atoms with Crippen LogP contribution in [0.1, 0.15) is 31.6 Å². The number of thiazole rings is 1. The summed E-state index contributed by atoms with van der Waals surface area (Å²) in [5.74, 6) is -0.0145. The quantitative estimate of drug-likeness (QED) is 0.803. The zero-order valence-corrected chi connectivity index (χ0v) is 9.26. The maximum Gasteiger partial charge on any atom is 0.254 e. The number of nitrogens with one attached hydrogen (secondary N) is 1. The molecule has 0 aliphatic rings. The normalized spacial score (nSPS) is 12.9. The van der Waals surface area contributed by atoms with E-state index < -0.39 is 12.0 Å². The largest absolute Gasteiger partial charge is 0.384 e. The summed E-state index contributed by atoms with van der Waals surface area (Å²) < 4.78 is 0. The Balaban J connectivity index is 2.64. The van der Waals surface area contributed by atoms with Gasteiger partial charge in [-0.15, -0.1) is 11.3 Å². The standard InChI is InChI=1S/C9H14N2O2S/c1-5(2)7-4-10-9(14-7)11-8(13)6(3)12/h4-6,12H,1-3H3,(H,10,11,13). The molecule has 0 aliphatic heterocycles. The summed E-state index contributed by atoms with van der Waals surface area (Å²) in [6.45, 7) is 5.55. The van der Waals surface area contributed by atoms with Crippen molar-refractivity contribution in [1.29, 1.82) is 0 Å². The summed E-state index contributed by atoms with van der Waals surface area (Å²) in [6, 6.07) is 0. The molecule has 0 spiro atoms. The minimum atomic E-state index is -0.999. The highest BCUT2D eigenvalue weighted by Gasteiger charge is 2.11. The third kappa shape index (κ3) is 2.78. The van der Waals surface area contributed by atoms with Crippen LogP contribution in [0.25, 0.3) is 0 Å². The van der Waals surface area contributed by atoms with Gasteiger partial charge in [0.05, 0.1) is 0 Å². The van der Waals surface area contributed by atoms with Crippen molar-refractivity contribution in [1.82, 2.24) is 4.98 Å². The number of aromatic nitrogens is 1. The number of hydrogen-bond donors (Lipinski definition) is 2. The van der Waals surface area contributed by atoms with Crippen LogP contribution >= 0.6 is 11.3 Å². The molecule has 2 N–H and O–H groups in total. The van der Waals surface area contributed by atoms with Crippen molar-refractivity contribution < 1.29 is 9.90 Å². The molecule has 0 aliphatic carbocycles. The SMILES string of the molecule is CC(O)C(=O)Nc1ncc(C(C)C)s1. The molecule has 0 radical (unpaired) electrons. The second-order valence-electron chi connectivity index (χ2n) is 3.39. The van der Waals surface area contributed by atoms with Crippen LogP contribution in [-0.4, -0.2) is 22.1 Å². The third-order valence-corrected chi connectivity index (χ3v) is 2.92. The lowest BCUT2D eigenvalue weighted by Gasteiger charge is -2.02. The van der Waals surface area contributed by atoms with Gasteiger partial charge in [0.15, 0.2) is 5.13 Å². The van der Waals surface area contributed by atoms with E-state index >= 15 is 0 Å². The molecule has 0 saturated carbocycles. The van der Waals surface area contributed by atoms with Gasteiger partial charge in [0.25, 0.3) is 5.91 Å². The van der Waals surface area contributed by atoms with E-state index in [1.807, 2.05) is 0 Å². The number of carbonyl (C=O) groups is 1. The Hall–Kier alpha value is -0.940. The number of anilines is 1. The van der Waals surface area contributed by atoms with Crippen molar-refractivity contribution in [2.45, 2.75) is 32.8 Å². The molecule has 1 heterocycles. The molecule has 1 atom stereocenters. The van der Waals surface area contributed by atoms with Gasteiger partial charge in [-0.1, -0.05) is 13.8 Å². The van der Waals surface area contributed by atoms with E-state index in [9.17, 15) is 4.79 Å². The van der Waals surface area contributed by atoms with Crippen LogP contribution in [0.4, 0.5) is 5.13 Å². The molecule has 1 aromatic rings. The fraction of sp³-hybridized carbons (Fsp3) is 0.556. The number of hydrogen-bond acceptors (Lipinski definition) is 4. The molecule has 1 aromatic heterocycles. The summed E-state index contributed by atoms with van der Waals surface area (Å²) >= 11 is 1.43. The molecule has 0 bridgehead atoms. The summed E-state index contributed by atoms with van der Waals surface area (Å²) in [5.41, 5.74) is 0. The molecule has 0 fully saturated rings. The second-order valence-corrected chi connectivity index (χ2v) is 4.45. The number of amides is 1. The first-order valence-corrected chi connectivity index (χ1v) is 5.27. The lowest BCUT2D eigenvalue weighted by atomic mass is 10.2. The van der Waals surface area contributed by atoms with Crippen molar-refractivity contribution >= 4 is 22.4 Å². The highest BCUT2D eigenvalue weighted by molar-refractivity contribution is 7.15. The van der Waals surface area contributed by atoms with E-state index in [-0.39, 0.29) is 0 Å². The van der Waals surface area contributed by atoms with Crippen molar-refractivity contribution in [2.75, 3.05) is 5.32 Å². The Morgan fingerprint density at radius 1 is 1.57 bits per heavy atom. The van der Waals surface area contributed by atoms with E-state index in [4.69, 9.17) is 5.11 Å². The fourth-order valence-corrected chi connectivity index (χ4v) is 1.64. The van der Waals surface area contributed by atoms with Crippen molar-refractivity contribution in [3.05, 3.63) is 11.1 Å². The van der Waals surface area contributed by atoms with Crippen molar-refractivity contribution in [2.24, 2.45) is 0 Å². The van der Waals surface area contributed by atoms with Crippen LogP contribution in [0.3, 0.4) is 0 Å². The number of carbonyl (C=O) groups excluding carboxylic acids is 1. The van der Waals surface area contributed by atoms with Gasteiger partial charge in [0.2, 0.25) is 0 Å². The van der Waals surface area contributed by atoms with Crippen molar-refractivity contribution in [3.8, 4) is 0 Å². The predicted octanol–water partition coefficient (Wildman–Crippen LogP) is 1.59. The summed E-state index contributed by atoms with van der Waals surface area (Å²) in [5, 5.41) is 12.0. The average Bonchev–Trinajstić information content (AvgIpc) is 2.52. The van der Waals surface area contributed by atoms with Gasteiger partial charge in [-0.05, 0) is 12.8 Å². The first kappa shape index (κ1) is 11.1. The van der Waals surface area contributed by atoms with Crippen LogP contribution in [0, 0.1) is 0 Å². The zero-order chi connectivity index (χ0) is 10.7. The minimum absolute atomic E-state index is 0.407. The molecule has 14 heavy (non-hydrogen) atoms. The molecule has 4 nitrogen and oxygen atoms in total. The monoisotopic (exact) mass is 214 g/mol. The van der Waals surface area contributed by atoms with Gasteiger partial charge in [0.1, 0.15) is 6.10 Å². The average molecular weight is 214 g/mol. The number of aliphatic hydroxyl groups excluding tert-OH is 1. The van der Waals surface area contributed by atoms with Gasteiger partial charge in [-0.25, -0.2) is 4.98 Å². The van der Waals surface area contributed by atoms with Gasteiger partial charge in [0, 0.05) is 11.1 Å². The Morgan fingerprint density at radius 2 is 2.21 bits per heavy atom. The van der Waals surface area contributed by atoms with Crippen LogP contribution in [-0.2, 0) is 4.79 Å². The smallest absolute Gasteiger partial charge is 0.254 e. The molecule has 78 valence electrons. The number of rotatable bonds is 3. The third-order valence-electron chi connectivity index (χ3n) is 1.70. The molecular formula is C9H14N2O2S. The Labute approximate surface area is 87.0 Å². The van der Waals surface area contributed by atoms with E-state index in [1.54, 1.807) is 6.20 Å². The van der Waals surface area contributed by atoms with Gasteiger partial charge in [-0.2, -0.15) is 0 Å². The van der Waals surface area contributed by atoms with Crippen LogP contribution in [0.15, 0.2) is 6.20 Å². The maximum atomic E-state index is 11.1. The summed E-state index contributed by atoms with van der Waals surface area (Å²) in [6.07, 6.45) is 0.744. The van der Waals surface area contributed by atoms with E-state index in [1.165, 1.54) is 18.3 Å². The molecule has 0 aromatic carbocycles. The first-order valence-electron chi connectivity index (χ1n) is 4.45. The number of aliphatic hydroxyl groups is 1. The first-order chi connectivity index (χ1) is 6.50. The molecule has 1 unspecified atom stereocenters. The van der Waals surface area contributed by atoms with E-state index in [0.717, 1.165) is 4.88 Å². The summed E-state index contributed by atoms with van der Waals surface area (Å²) in [7, 11) is 0. The molecular weight excluding hydrogens is 200 g/mol. The second kappa shape index (κ2) is 4.52. The number of nitrogens with zero attached hydrogens (tertiary/aromatic N) is 1. The fourth-order valence-electron chi connectivity index (χ4n) is 0.821. The van der Waals surface area contributed by atoms with E-state index in [2.05, 4.69) is 24.1 Å². The summed E-state index contributed by atoms with van der Waals surface area (Å²) in [4.78, 5) is 16.2. The lowest BCUT2D eigenvalue weighted by Crippen LogP contribution is -2.24. The minimum Gasteiger partial charge on any atom is -0.384 e. The van der Waals surface area contributed by atoms with Crippen LogP contribution < -0.4 is 5.32 Å². The maximum absolute atomic E-state index is 11.1. The molecule has 1 amide bonds. The predicted molar refractivity (Wildman–Crippen MR) is 56.5 cm³/mol. The molecule has 0 saturated heterocycles. The zero-order valence-electron chi connectivity index (χ0n) is 8.44. The highest BCUT2D eigenvalue weighted by atomic mass is 32.1. The van der Waals surface area contributed by atoms with Crippen LogP contribution in [0.2, 0.25) is 0 Å².